The van der Waals surface area contributed by atoms with Gasteiger partial charge in [0, 0.05) is 0 Å². The minimum absolute atomic E-state index is 0.348. The van der Waals surface area contributed by atoms with Crippen molar-refractivity contribution >= 4 is 23.0 Å². The van der Waals surface area contributed by atoms with Gasteiger partial charge in [0.2, 0.25) is 0 Å². The summed E-state index contributed by atoms with van der Waals surface area (Å²) in [6.45, 7) is 14.0. The van der Waals surface area contributed by atoms with Gasteiger partial charge in [0.25, 0.3) is 0 Å². The molecular formula is C15H31IO. The predicted molar refractivity (Wildman–Crippen MR) is 85.5 cm³/mol. The molecule has 0 aromatic rings. The van der Waals surface area contributed by atoms with Crippen LogP contribution in [0.5, 0.6) is 0 Å². The van der Waals surface area contributed by atoms with Gasteiger partial charge in [0.15, 0.2) is 0 Å². The van der Waals surface area contributed by atoms with E-state index in [0.717, 1.165) is 0 Å². The van der Waals surface area contributed by atoms with Crippen molar-refractivity contribution < 1.29 is 3.07 Å². The van der Waals surface area contributed by atoms with Crippen LogP contribution in [-0.2, 0) is 3.07 Å². The lowest BCUT2D eigenvalue weighted by molar-refractivity contribution is 0.0268. The fourth-order valence-corrected chi connectivity index (χ4v) is 3.70. The Balaban J connectivity index is 4.95. The predicted octanol–water partition coefficient (Wildman–Crippen LogP) is 6.15. The SMILES string of the molecule is CCCC(C)(CC)CC(CC)(CC)C(C)OI. The Bertz CT molecular complexity index is 201. The van der Waals surface area contributed by atoms with Gasteiger partial charge in [-0.15, -0.1) is 0 Å². The minimum atomic E-state index is 0.348. The third-order valence-corrected chi connectivity index (χ3v) is 5.65. The van der Waals surface area contributed by atoms with E-state index in [-0.39, 0.29) is 0 Å². The lowest BCUT2D eigenvalue weighted by atomic mass is 9.64. The van der Waals surface area contributed by atoms with E-state index in [1.807, 2.05) is 0 Å². The van der Waals surface area contributed by atoms with Gasteiger partial charge in [-0.2, -0.15) is 0 Å². The Morgan fingerprint density at radius 3 is 1.88 bits per heavy atom. The zero-order chi connectivity index (χ0) is 13.5. The highest BCUT2D eigenvalue weighted by Gasteiger charge is 2.39. The Morgan fingerprint density at radius 2 is 1.59 bits per heavy atom. The number of hydrogen-bond donors (Lipinski definition) is 0. The van der Waals surface area contributed by atoms with Crippen LogP contribution < -0.4 is 0 Å². The van der Waals surface area contributed by atoms with E-state index in [4.69, 9.17) is 3.07 Å². The van der Waals surface area contributed by atoms with Crippen molar-refractivity contribution in [3.63, 3.8) is 0 Å². The average molecular weight is 354 g/mol. The summed E-state index contributed by atoms with van der Waals surface area (Å²) < 4.78 is 5.64. The molecule has 0 aromatic heterocycles. The first-order valence-corrected chi connectivity index (χ1v) is 8.09. The Morgan fingerprint density at radius 1 is 1.06 bits per heavy atom. The summed E-state index contributed by atoms with van der Waals surface area (Å²) in [6.07, 6.45) is 7.96. The van der Waals surface area contributed by atoms with Crippen LogP contribution in [0.1, 0.15) is 80.1 Å². The Labute approximate surface area is 123 Å². The molecule has 0 aliphatic heterocycles. The molecule has 0 aliphatic carbocycles. The van der Waals surface area contributed by atoms with Crippen LogP contribution in [0.25, 0.3) is 0 Å². The van der Waals surface area contributed by atoms with Crippen LogP contribution in [0, 0.1) is 10.8 Å². The van der Waals surface area contributed by atoms with E-state index in [1.165, 1.54) is 38.5 Å². The molecule has 0 heterocycles. The standard InChI is InChI=1S/C15H31IO/c1-7-11-14(6,8-2)12-15(9-3,10-4)13(5)17-16/h13H,7-12H2,1-6H3. The van der Waals surface area contributed by atoms with E-state index >= 15 is 0 Å². The van der Waals surface area contributed by atoms with Crippen LogP contribution in [0.2, 0.25) is 0 Å². The second-order valence-electron chi connectivity index (χ2n) is 5.89. The summed E-state index contributed by atoms with van der Waals surface area (Å²) in [6, 6.07) is 0. The molecule has 104 valence electrons. The normalized spacial score (nSPS) is 17.8. The minimum Gasteiger partial charge on any atom is -0.312 e. The summed E-state index contributed by atoms with van der Waals surface area (Å²) in [7, 11) is 0. The fourth-order valence-electron chi connectivity index (χ4n) is 3.16. The fraction of sp³-hybridized carbons (Fsp3) is 1.00. The van der Waals surface area contributed by atoms with Crippen LogP contribution in [0.15, 0.2) is 0 Å². The molecular weight excluding hydrogens is 323 g/mol. The van der Waals surface area contributed by atoms with Crippen molar-refractivity contribution in [2.75, 3.05) is 0 Å². The number of hydrogen-bond acceptors (Lipinski definition) is 1. The molecule has 0 bridgehead atoms. The molecule has 0 fully saturated rings. The molecule has 0 saturated carbocycles. The van der Waals surface area contributed by atoms with Gasteiger partial charge in [-0.05, 0) is 43.4 Å². The molecule has 2 unspecified atom stereocenters. The molecule has 0 saturated heterocycles. The molecule has 0 aliphatic rings. The maximum atomic E-state index is 5.64. The molecule has 0 N–H and O–H groups in total. The van der Waals surface area contributed by atoms with Crippen molar-refractivity contribution in [1.29, 1.82) is 0 Å². The zero-order valence-electron chi connectivity index (χ0n) is 12.6. The molecule has 2 heteroatoms. The summed E-state index contributed by atoms with van der Waals surface area (Å²) in [5.74, 6) is 0. The van der Waals surface area contributed by atoms with Crippen LogP contribution in [0.3, 0.4) is 0 Å². The second kappa shape index (κ2) is 7.98. The van der Waals surface area contributed by atoms with Crippen molar-refractivity contribution in [3.8, 4) is 0 Å². The first-order valence-electron chi connectivity index (χ1n) is 7.21. The molecule has 2 atom stereocenters. The zero-order valence-corrected chi connectivity index (χ0v) is 14.8. The van der Waals surface area contributed by atoms with Crippen molar-refractivity contribution in [3.05, 3.63) is 0 Å². The smallest absolute Gasteiger partial charge is 0.110 e. The third kappa shape index (κ3) is 4.70. The molecule has 1 nitrogen and oxygen atoms in total. The molecule has 0 radical (unpaired) electrons. The number of halogens is 1. The molecule has 0 amide bonds. The number of rotatable bonds is 9. The highest BCUT2D eigenvalue weighted by atomic mass is 127. The van der Waals surface area contributed by atoms with Gasteiger partial charge in [-0.3, -0.25) is 0 Å². The van der Waals surface area contributed by atoms with Gasteiger partial charge in [0.1, 0.15) is 23.0 Å². The summed E-state index contributed by atoms with van der Waals surface area (Å²) in [4.78, 5) is 0. The van der Waals surface area contributed by atoms with Crippen LogP contribution >= 0.6 is 23.0 Å². The summed E-state index contributed by atoms with van der Waals surface area (Å²) in [5, 5.41) is 0. The average Bonchev–Trinajstić information content (AvgIpc) is 2.35. The van der Waals surface area contributed by atoms with E-state index in [2.05, 4.69) is 64.5 Å². The topological polar surface area (TPSA) is 9.23 Å². The monoisotopic (exact) mass is 354 g/mol. The largest absolute Gasteiger partial charge is 0.312 e. The second-order valence-corrected chi connectivity index (χ2v) is 6.40. The van der Waals surface area contributed by atoms with Crippen LogP contribution in [0.4, 0.5) is 0 Å². The lowest BCUT2D eigenvalue weighted by Crippen LogP contribution is -2.37. The van der Waals surface area contributed by atoms with E-state index in [1.54, 1.807) is 0 Å². The maximum Gasteiger partial charge on any atom is 0.110 e. The van der Waals surface area contributed by atoms with E-state index < -0.39 is 0 Å². The highest BCUT2D eigenvalue weighted by Crippen LogP contribution is 2.47. The van der Waals surface area contributed by atoms with Gasteiger partial charge < -0.3 is 3.07 Å². The Hall–Kier alpha value is 0.690. The molecule has 0 spiro atoms. The maximum absolute atomic E-state index is 5.64. The first kappa shape index (κ1) is 17.7. The van der Waals surface area contributed by atoms with E-state index in [9.17, 15) is 0 Å². The van der Waals surface area contributed by atoms with Gasteiger partial charge >= 0.3 is 0 Å². The van der Waals surface area contributed by atoms with Crippen molar-refractivity contribution in [2.24, 2.45) is 10.8 Å². The quantitative estimate of drug-likeness (QED) is 0.451. The molecule has 0 aromatic carbocycles. The van der Waals surface area contributed by atoms with Gasteiger partial charge in [-0.25, -0.2) is 0 Å². The first-order chi connectivity index (χ1) is 7.93. The van der Waals surface area contributed by atoms with Gasteiger partial charge in [-0.1, -0.05) is 47.5 Å². The van der Waals surface area contributed by atoms with E-state index in [0.29, 0.717) is 16.9 Å². The highest BCUT2D eigenvalue weighted by molar-refractivity contribution is 14.1. The third-order valence-electron chi connectivity index (χ3n) is 4.89. The van der Waals surface area contributed by atoms with Crippen molar-refractivity contribution in [1.82, 2.24) is 0 Å². The molecule has 0 rings (SSSR count). The summed E-state index contributed by atoms with van der Waals surface area (Å²) >= 11 is 2.07. The summed E-state index contributed by atoms with van der Waals surface area (Å²) in [5.41, 5.74) is 0.825. The Kier molecular flexibility index (Phi) is 8.30. The lowest BCUT2D eigenvalue weighted by Gasteiger charge is -2.43. The molecule has 17 heavy (non-hydrogen) atoms. The van der Waals surface area contributed by atoms with Crippen LogP contribution in [-0.4, -0.2) is 6.10 Å². The van der Waals surface area contributed by atoms with Gasteiger partial charge in [0.05, 0.1) is 6.10 Å². The van der Waals surface area contributed by atoms with Crippen molar-refractivity contribution in [2.45, 2.75) is 86.2 Å².